The standard InChI is InChI=1S/C12H14N4O2/c1-2-11(17)9-4-3-8(7-14-9)16-6-5-10(15-16)12(13)18/h3-7,11,17H,2H2,1H3,(H2,13,18)/t11-/m1/s1. The van der Waals surface area contributed by atoms with E-state index in [1.54, 1.807) is 24.5 Å². The lowest BCUT2D eigenvalue weighted by Crippen LogP contribution is -2.12. The topological polar surface area (TPSA) is 94.0 Å². The predicted octanol–water partition coefficient (Wildman–Crippen LogP) is 0.810. The molecule has 3 N–H and O–H groups in total. The third-order valence-corrected chi connectivity index (χ3v) is 2.60. The summed E-state index contributed by atoms with van der Waals surface area (Å²) in [6.45, 7) is 1.88. The van der Waals surface area contributed by atoms with Crippen molar-refractivity contribution in [3.63, 3.8) is 0 Å². The Morgan fingerprint density at radius 3 is 2.78 bits per heavy atom. The van der Waals surface area contributed by atoms with Crippen LogP contribution in [0.3, 0.4) is 0 Å². The largest absolute Gasteiger partial charge is 0.387 e. The highest BCUT2D eigenvalue weighted by Gasteiger charge is 2.08. The van der Waals surface area contributed by atoms with Crippen LogP contribution in [-0.4, -0.2) is 25.8 Å². The number of nitrogens with zero attached hydrogens (tertiary/aromatic N) is 3. The van der Waals surface area contributed by atoms with Gasteiger partial charge in [-0.15, -0.1) is 0 Å². The minimum Gasteiger partial charge on any atom is -0.387 e. The maximum Gasteiger partial charge on any atom is 0.269 e. The Balaban J connectivity index is 2.25. The normalized spacial score (nSPS) is 12.3. The molecular formula is C12H14N4O2. The predicted molar refractivity (Wildman–Crippen MR) is 65.1 cm³/mol. The first-order valence-electron chi connectivity index (χ1n) is 5.61. The molecule has 2 aromatic heterocycles. The van der Waals surface area contributed by atoms with Crippen molar-refractivity contribution < 1.29 is 9.90 Å². The second-order valence-electron chi connectivity index (χ2n) is 3.88. The van der Waals surface area contributed by atoms with Crippen LogP contribution in [0, 0.1) is 0 Å². The highest BCUT2D eigenvalue weighted by molar-refractivity contribution is 5.90. The minimum atomic E-state index is -0.570. The Morgan fingerprint density at radius 2 is 2.28 bits per heavy atom. The smallest absolute Gasteiger partial charge is 0.269 e. The Kier molecular flexibility index (Phi) is 3.38. The van der Waals surface area contributed by atoms with E-state index in [0.29, 0.717) is 17.8 Å². The molecule has 6 nitrogen and oxygen atoms in total. The molecule has 0 aliphatic carbocycles. The second kappa shape index (κ2) is 4.97. The van der Waals surface area contributed by atoms with E-state index >= 15 is 0 Å². The molecule has 2 rings (SSSR count). The first-order valence-corrected chi connectivity index (χ1v) is 5.61. The Hall–Kier alpha value is -2.21. The molecule has 0 aliphatic rings. The van der Waals surface area contributed by atoms with Gasteiger partial charge in [-0.3, -0.25) is 9.78 Å². The molecule has 0 unspecified atom stereocenters. The number of pyridine rings is 1. The highest BCUT2D eigenvalue weighted by atomic mass is 16.3. The van der Waals surface area contributed by atoms with Crippen molar-refractivity contribution in [1.29, 1.82) is 0 Å². The second-order valence-corrected chi connectivity index (χ2v) is 3.88. The van der Waals surface area contributed by atoms with Crippen LogP contribution in [0.4, 0.5) is 0 Å². The number of rotatable bonds is 4. The zero-order valence-corrected chi connectivity index (χ0v) is 9.95. The summed E-state index contributed by atoms with van der Waals surface area (Å²) >= 11 is 0. The third-order valence-electron chi connectivity index (χ3n) is 2.60. The summed E-state index contributed by atoms with van der Waals surface area (Å²) in [5.74, 6) is -0.570. The van der Waals surface area contributed by atoms with E-state index in [4.69, 9.17) is 5.73 Å². The molecule has 0 fully saturated rings. The maximum atomic E-state index is 10.9. The van der Waals surface area contributed by atoms with Gasteiger partial charge in [0.1, 0.15) is 5.69 Å². The number of hydrogen-bond acceptors (Lipinski definition) is 4. The van der Waals surface area contributed by atoms with E-state index in [1.807, 2.05) is 6.92 Å². The van der Waals surface area contributed by atoms with Crippen molar-refractivity contribution in [3.8, 4) is 5.69 Å². The summed E-state index contributed by atoms with van der Waals surface area (Å²) in [5.41, 5.74) is 6.64. The highest BCUT2D eigenvalue weighted by Crippen LogP contribution is 2.15. The van der Waals surface area contributed by atoms with Crippen LogP contribution in [0.1, 0.15) is 35.6 Å². The monoisotopic (exact) mass is 246 g/mol. The van der Waals surface area contributed by atoms with Crippen molar-refractivity contribution in [2.75, 3.05) is 0 Å². The molecule has 1 atom stereocenters. The number of primary amides is 1. The van der Waals surface area contributed by atoms with Crippen LogP contribution in [0.25, 0.3) is 5.69 Å². The SMILES string of the molecule is CC[C@@H](O)c1ccc(-n2ccc(C(N)=O)n2)cn1. The summed E-state index contributed by atoms with van der Waals surface area (Å²) in [4.78, 5) is 15.1. The molecule has 0 bridgehead atoms. The van der Waals surface area contributed by atoms with Gasteiger partial charge in [-0.1, -0.05) is 6.92 Å². The minimum absolute atomic E-state index is 0.202. The summed E-state index contributed by atoms with van der Waals surface area (Å²) in [6, 6.07) is 5.05. The van der Waals surface area contributed by atoms with Gasteiger partial charge >= 0.3 is 0 Å². The third kappa shape index (κ3) is 2.38. The Labute approximate surface area is 104 Å². The molecule has 18 heavy (non-hydrogen) atoms. The summed E-state index contributed by atoms with van der Waals surface area (Å²) in [7, 11) is 0. The van der Waals surface area contributed by atoms with Crippen molar-refractivity contribution in [2.45, 2.75) is 19.4 Å². The van der Waals surface area contributed by atoms with E-state index in [0.717, 1.165) is 0 Å². The Bertz CT molecular complexity index is 547. The average molecular weight is 246 g/mol. The first kappa shape index (κ1) is 12.3. The van der Waals surface area contributed by atoms with Gasteiger partial charge in [0.2, 0.25) is 0 Å². The summed E-state index contributed by atoms with van der Waals surface area (Å²) in [6.07, 6.45) is 3.27. The molecule has 0 aromatic carbocycles. The van der Waals surface area contributed by atoms with Crippen LogP contribution >= 0.6 is 0 Å². The number of amides is 1. The average Bonchev–Trinajstić information content (AvgIpc) is 2.88. The number of carbonyl (C=O) groups is 1. The zero-order chi connectivity index (χ0) is 13.1. The lowest BCUT2D eigenvalue weighted by Gasteiger charge is -2.07. The molecule has 94 valence electrons. The van der Waals surface area contributed by atoms with Crippen LogP contribution in [0.5, 0.6) is 0 Å². The van der Waals surface area contributed by atoms with Gasteiger partial charge in [-0.2, -0.15) is 5.10 Å². The quantitative estimate of drug-likeness (QED) is 0.834. The van der Waals surface area contributed by atoms with Gasteiger partial charge in [0.05, 0.1) is 23.7 Å². The number of aromatic nitrogens is 3. The molecule has 2 heterocycles. The van der Waals surface area contributed by atoms with Crippen molar-refractivity contribution >= 4 is 5.91 Å². The number of hydrogen-bond donors (Lipinski definition) is 2. The molecule has 0 saturated heterocycles. The maximum absolute atomic E-state index is 10.9. The lowest BCUT2D eigenvalue weighted by atomic mass is 10.2. The first-order chi connectivity index (χ1) is 8.61. The van der Waals surface area contributed by atoms with Crippen molar-refractivity contribution in [2.24, 2.45) is 5.73 Å². The fraction of sp³-hybridized carbons (Fsp3) is 0.250. The van der Waals surface area contributed by atoms with Gasteiger partial charge in [0, 0.05) is 6.20 Å². The van der Waals surface area contributed by atoms with E-state index in [2.05, 4.69) is 10.1 Å². The van der Waals surface area contributed by atoms with E-state index < -0.39 is 12.0 Å². The van der Waals surface area contributed by atoms with E-state index in [-0.39, 0.29) is 5.69 Å². The molecule has 0 spiro atoms. The van der Waals surface area contributed by atoms with Gasteiger partial charge in [0.15, 0.2) is 0 Å². The Morgan fingerprint density at radius 1 is 1.50 bits per heavy atom. The van der Waals surface area contributed by atoms with E-state index in [1.165, 1.54) is 10.7 Å². The summed E-state index contributed by atoms with van der Waals surface area (Å²) in [5, 5.41) is 13.6. The van der Waals surface area contributed by atoms with Gasteiger partial charge in [0.25, 0.3) is 5.91 Å². The lowest BCUT2D eigenvalue weighted by molar-refractivity contribution is 0.0995. The van der Waals surface area contributed by atoms with Crippen molar-refractivity contribution in [3.05, 3.63) is 42.0 Å². The molecule has 2 aromatic rings. The van der Waals surface area contributed by atoms with E-state index in [9.17, 15) is 9.90 Å². The number of carbonyl (C=O) groups excluding carboxylic acids is 1. The molecular weight excluding hydrogens is 232 g/mol. The molecule has 0 saturated carbocycles. The number of nitrogens with two attached hydrogens (primary N) is 1. The van der Waals surface area contributed by atoms with Gasteiger partial charge < -0.3 is 10.8 Å². The van der Waals surface area contributed by atoms with Gasteiger partial charge in [-0.25, -0.2) is 4.68 Å². The van der Waals surface area contributed by atoms with Crippen LogP contribution in [0.15, 0.2) is 30.6 Å². The van der Waals surface area contributed by atoms with Crippen LogP contribution < -0.4 is 5.73 Å². The number of aliphatic hydroxyl groups is 1. The van der Waals surface area contributed by atoms with Crippen LogP contribution in [-0.2, 0) is 0 Å². The fourth-order valence-electron chi connectivity index (χ4n) is 1.54. The van der Waals surface area contributed by atoms with Crippen LogP contribution in [0.2, 0.25) is 0 Å². The molecule has 0 aliphatic heterocycles. The van der Waals surface area contributed by atoms with Crippen molar-refractivity contribution in [1.82, 2.24) is 14.8 Å². The summed E-state index contributed by atoms with van der Waals surface area (Å²) < 4.78 is 1.51. The molecule has 6 heteroatoms. The zero-order valence-electron chi connectivity index (χ0n) is 9.95. The molecule has 1 amide bonds. The number of aliphatic hydroxyl groups excluding tert-OH is 1. The van der Waals surface area contributed by atoms with Gasteiger partial charge in [-0.05, 0) is 24.6 Å². The molecule has 0 radical (unpaired) electrons. The fourth-order valence-corrected chi connectivity index (χ4v) is 1.54.